The molecule has 1 aliphatic rings. The SMILES string of the molecule is CC1(C)C(NCc2ccc(Cl)c(Cl)c2)C1(C)C. The summed E-state index contributed by atoms with van der Waals surface area (Å²) in [5.41, 5.74) is 1.91. The average Bonchev–Trinajstić information content (AvgIpc) is 2.61. The maximum atomic E-state index is 6.00. The Balaban J connectivity index is 1.98. The quantitative estimate of drug-likeness (QED) is 0.853. The molecule has 1 N–H and O–H groups in total. The summed E-state index contributed by atoms with van der Waals surface area (Å²) in [6, 6.07) is 6.36. The molecular formula is C14H19Cl2N. The monoisotopic (exact) mass is 271 g/mol. The molecule has 0 spiro atoms. The highest BCUT2D eigenvalue weighted by atomic mass is 35.5. The molecule has 1 fully saturated rings. The Hall–Kier alpha value is -0.240. The lowest BCUT2D eigenvalue weighted by atomic mass is 10.0. The van der Waals surface area contributed by atoms with E-state index in [4.69, 9.17) is 23.2 Å². The Morgan fingerprint density at radius 2 is 1.65 bits per heavy atom. The number of halogens is 2. The van der Waals surface area contributed by atoms with Gasteiger partial charge in [-0.3, -0.25) is 0 Å². The second-order valence-electron chi connectivity index (χ2n) is 6.01. The largest absolute Gasteiger partial charge is 0.309 e. The van der Waals surface area contributed by atoms with Gasteiger partial charge in [-0.05, 0) is 28.5 Å². The van der Waals surface area contributed by atoms with E-state index in [9.17, 15) is 0 Å². The van der Waals surface area contributed by atoms with Crippen molar-refractivity contribution >= 4 is 23.2 Å². The maximum absolute atomic E-state index is 6.00. The standard InChI is InChI=1S/C14H19Cl2N/c1-13(2)12(14(13,3)4)17-8-9-5-6-10(15)11(16)7-9/h5-7,12,17H,8H2,1-4H3. The number of hydrogen-bond donors (Lipinski definition) is 1. The molecular weight excluding hydrogens is 253 g/mol. The first-order chi connectivity index (χ1) is 7.76. The third kappa shape index (κ3) is 2.21. The second-order valence-corrected chi connectivity index (χ2v) is 6.82. The molecule has 0 bridgehead atoms. The molecule has 0 amide bonds. The fraction of sp³-hybridized carbons (Fsp3) is 0.571. The number of hydrogen-bond acceptors (Lipinski definition) is 1. The topological polar surface area (TPSA) is 12.0 Å². The first-order valence-corrected chi connectivity index (χ1v) is 6.70. The van der Waals surface area contributed by atoms with Crippen LogP contribution in [0.15, 0.2) is 18.2 Å². The van der Waals surface area contributed by atoms with E-state index in [1.807, 2.05) is 18.2 Å². The Kier molecular flexibility index (Phi) is 3.22. The molecule has 1 aromatic carbocycles. The normalized spacial score (nSPS) is 21.5. The third-order valence-corrected chi connectivity index (χ3v) is 5.25. The highest BCUT2D eigenvalue weighted by Gasteiger charge is 2.64. The minimum absolute atomic E-state index is 0.364. The molecule has 94 valence electrons. The fourth-order valence-corrected chi connectivity index (χ4v) is 2.90. The summed E-state index contributed by atoms with van der Waals surface area (Å²) in [4.78, 5) is 0. The zero-order valence-electron chi connectivity index (χ0n) is 10.8. The summed E-state index contributed by atoms with van der Waals surface area (Å²) < 4.78 is 0. The third-order valence-electron chi connectivity index (χ3n) is 4.52. The number of nitrogens with one attached hydrogen (secondary N) is 1. The van der Waals surface area contributed by atoms with Gasteiger partial charge in [-0.25, -0.2) is 0 Å². The number of benzene rings is 1. The van der Waals surface area contributed by atoms with E-state index >= 15 is 0 Å². The van der Waals surface area contributed by atoms with Crippen molar-refractivity contribution in [1.29, 1.82) is 0 Å². The molecule has 0 atom stereocenters. The van der Waals surface area contributed by atoms with Crippen molar-refractivity contribution in [2.75, 3.05) is 0 Å². The van der Waals surface area contributed by atoms with Crippen LogP contribution in [0.1, 0.15) is 33.3 Å². The Morgan fingerprint density at radius 3 is 2.12 bits per heavy atom. The van der Waals surface area contributed by atoms with Crippen LogP contribution >= 0.6 is 23.2 Å². The molecule has 0 saturated heterocycles. The predicted molar refractivity (Wildman–Crippen MR) is 74.7 cm³/mol. The van der Waals surface area contributed by atoms with E-state index in [2.05, 4.69) is 33.0 Å². The zero-order valence-corrected chi connectivity index (χ0v) is 12.3. The number of rotatable bonds is 3. The van der Waals surface area contributed by atoms with Crippen LogP contribution in [0.4, 0.5) is 0 Å². The van der Waals surface area contributed by atoms with Crippen LogP contribution in [0.3, 0.4) is 0 Å². The summed E-state index contributed by atoms with van der Waals surface area (Å²) in [6.07, 6.45) is 0. The van der Waals surface area contributed by atoms with Crippen LogP contribution in [0.2, 0.25) is 10.0 Å². The van der Waals surface area contributed by atoms with Gasteiger partial charge < -0.3 is 5.32 Å². The molecule has 0 aromatic heterocycles. The molecule has 0 unspecified atom stereocenters. The van der Waals surface area contributed by atoms with Crippen molar-refractivity contribution in [3.63, 3.8) is 0 Å². The summed E-state index contributed by atoms with van der Waals surface area (Å²) >= 11 is 11.9. The van der Waals surface area contributed by atoms with Gasteiger partial charge in [-0.15, -0.1) is 0 Å². The first kappa shape index (κ1) is 13.2. The van der Waals surface area contributed by atoms with Crippen molar-refractivity contribution in [1.82, 2.24) is 5.32 Å². The van der Waals surface area contributed by atoms with Gasteiger partial charge >= 0.3 is 0 Å². The van der Waals surface area contributed by atoms with Gasteiger partial charge in [0.05, 0.1) is 10.0 Å². The van der Waals surface area contributed by atoms with E-state index in [-0.39, 0.29) is 0 Å². The summed E-state index contributed by atoms with van der Waals surface area (Å²) in [6.45, 7) is 10.1. The average molecular weight is 272 g/mol. The lowest BCUT2D eigenvalue weighted by Crippen LogP contribution is -2.21. The van der Waals surface area contributed by atoms with Gasteiger partial charge in [0.25, 0.3) is 0 Å². The molecule has 0 aliphatic heterocycles. The van der Waals surface area contributed by atoms with Crippen LogP contribution < -0.4 is 5.32 Å². The molecule has 0 radical (unpaired) electrons. The van der Waals surface area contributed by atoms with Gasteiger partial charge in [0.2, 0.25) is 0 Å². The van der Waals surface area contributed by atoms with Crippen LogP contribution in [-0.4, -0.2) is 6.04 Å². The van der Waals surface area contributed by atoms with E-state index in [1.54, 1.807) is 0 Å². The smallest absolute Gasteiger partial charge is 0.0595 e. The molecule has 1 nitrogen and oxygen atoms in total. The lowest BCUT2D eigenvalue weighted by Gasteiger charge is -2.07. The highest BCUT2D eigenvalue weighted by molar-refractivity contribution is 6.42. The van der Waals surface area contributed by atoms with E-state index in [0.717, 1.165) is 6.54 Å². The lowest BCUT2D eigenvalue weighted by molar-refractivity contribution is 0.457. The van der Waals surface area contributed by atoms with Crippen molar-refractivity contribution < 1.29 is 0 Å². The fourth-order valence-electron chi connectivity index (χ4n) is 2.58. The van der Waals surface area contributed by atoms with Crippen LogP contribution in [-0.2, 0) is 6.54 Å². The van der Waals surface area contributed by atoms with Gasteiger partial charge in [0, 0.05) is 12.6 Å². The van der Waals surface area contributed by atoms with Crippen molar-refractivity contribution in [3.8, 4) is 0 Å². The summed E-state index contributed by atoms with van der Waals surface area (Å²) in [5, 5.41) is 4.84. The van der Waals surface area contributed by atoms with E-state index in [1.165, 1.54) is 5.56 Å². The zero-order chi connectivity index (χ0) is 12.8. The highest BCUT2D eigenvalue weighted by Crippen LogP contribution is 2.62. The molecule has 2 rings (SSSR count). The minimum Gasteiger partial charge on any atom is -0.309 e. The molecule has 1 saturated carbocycles. The van der Waals surface area contributed by atoms with E-state index < -0.39 is 0 Å². The predicted octanol–water partition coefficient (Wildman–Crippen LogP) is 4.52. The van der Waals surface area contributed by atoms with Crippen LogP contribution in [0.25, 0.3) is 0 Å². The van der Waals surface area contributed by atoms with Gasteiger partial charge in [0.15, 0.2) is 0 Å². The molecule has 1 aromatic rings. The Labute approximate surface area is 114 Å². The molecule has 0 heterocycles. The second kappa shape index (κ2) is 4.15. The molecule has 3 heteroatoms. The summed E-state index contributed by atoms with van der Waals surface area (Å²) in [5.74, 6) is 0. The van der Waals surface area contributed by atoms with Gasteiger partial charge in [-0.1, -0.05) is 57.0 Å². The Bertz CT molecular complexity index is 424. The maximum Gasteiger partial charge on any atom is 0.0595 e. The molecule has 1 aliphatic carbocycles. The first-order valence-electron chi connectivity index (χ1n) is 5.94. The van der Waals surface area contributed by atoms with Crippen molar-refractivity contribution in [2.45, 2.75) is 40.3 Å². The van der Waals surface area contributed by atoms with Gasteiger partial charge in [-0.2, -0.15) is 0 Å². The van der Waals surface area contributed by atoms with Gasteiger partial charge in [0.1, 0.15) is 0 Å². The van der Waals surface area contributed by atoms with Crippen molar-refractivity contribution in [3.05, 3.63) is 33.8 Å². The summed E-state index contributed by atoms with van der Waals surface area (Å²) in [7, 11) is 0. The van der Waals surface area contributed by atoms with Crippen LogP contribution in [0, 0.1) is 10.8 Å². The van der Waals surface area contributed by atoms with Crippen molar-refractivity contribution in [2.24, 2.45) is 10.8 Å². The van der Waals surface area contributed by atoms with E-state index in [0.29, 0.717) is 26.9 Å². The minimum atomic E-state index is 0.364. The molecule has 17 heavy (non-hydrogen) atoms. The van der Waals surface area contributed by atoms with Crippen LogP contribution in [0.5, 0.6) is 0 Å². The Morgan fingerprint density at radius 1 is 1.06 bits per heavy atom.